The van der Waals surface area contributed by atoms with Crippen LogP contribution in [0.1, 0.15) is 16.3 Å². The highest BCUT2D eigenvalue weighted by atomic mass is 16.1. The maximum atomic E-state index is 12.4. The Morgan fingerprint density at radius 2 is 1.96 bits per heavy atom. The molecule has 0 aliphatic rings. The van der Waals surface area contributed by atoms with Gasteiger partial charge in [0.1, 0.15) is 11.5 Å². The van der Waals surface area contributed by atoms with Crippen molar-refractivity contribution < 1.29 is 4.79 Å². The van der Waals surface area contributed by atoms with Crippen LogP contribution in [0.4, 0.5) is 0 Å². The molecule has 5 nitrogen and oxygen atoms in total. The molecule has 4 rings (SSSR count). The Morgan fingerprint density at radius 3 is 2.79 bits per heavy atom. The van der Waals surface area contributed by atoms with Gasteiger partial charge in [-0.15, -0.1) is 0 Å². The number of aromatic amines is 1. The number of rotatable bonds is 4. The van der Waals surface area contributed by atoms with Crippen LogP contribution in [0.25, 0.3) is 21.9 Å². The molecule has 0 radical (unpaired) electrons. The summed E-state index contributed by atoms with van der Waals surface area (Å²) in [6, 6.07) is 17.8. The molecule has 0 saturated carbocycles. The monoisotopic (exact) mass is 318 g/mol. The van der Waals surface area contributed by atoms with Gasteiger partial charge in [0.25, 0.3) is 5.91 Å². The van der Waals surface area contributed by atoms with Crippen molar-refractivity contribution in [2.45, 2.75) is 6.42 Å². The summed E-state index contributed by atoms with van der Waals surface area (Å²) in [5, 5.41) is 4.05. The zero-order valence-corrected chi connectivity index (χ0v) is 13.4. The molecule has 0 aliphatic carbocycles. The van der Waals surface area contributed by atoms with Crippen LogP contribution in [0, 0.1) is 0 Å². The van der Waals surface area contributed by atoms with Gasteiger partial charge in [-0.25, -0.2) is 4.98 Å². The normalized spacial score (nSPS) is 11.2. The first-order valence-electron chi connectivity index (χ1n) is 7.98. The van der Waals surface area contributed by atoms with Crippen molar-refractivity contribution in [1.29, 1.82) is 0 Å². The van der Waals surface area contributed by atoms with E-state index in [9.17, 15) is 4.79 Å². The number of aromatic nitrogens is 3. The predicted octanol–water partition coefficient (Wildman–Crippen LogP) is 3.03. The first-order valence-corrected chi connectivity index (χ1v) is 7.98. The number of H-pyrrole nitrogens is 1. The van der Waals surface area contributed by atoms with Gasteiger partial charge >= 0.3 is 0 Å². The highest BCUT2D eigenvalue weighted by Gasteiger charge is 2.12. The first-order chi connectivity index (χ1) is 11.7. The van der Waals surface area contributed by atoms with E-state index in [2.05, 4.69) is 15.3 Å². The van der Waals surface area contributed by atoms with Crippen molar-refractivity contribution in [2.75, 3.05) is 6.54 Å². The quantitative estimate of drug-likeness (QED) is 0.607. The summed E-state index contributed by atoms with van der Waals surface area (Å²) in [6.45, 7) is 0.542. The van der Waals surface area contributed by atoms with Crippen LogP contribution < -0.4 is 5.32 Å². The van der Waals surface area contributed by atoms with Gasteiger partial charge in [-0.1, -0.05) is 30.3 Å². The highest BCUT2D eigenvalue weighted by Crippen LogP contribution is 2.18. The fourth-order valence-electron chi connectivity index (χ4n) is 3.02. The number of nitrogens with zero attached hydrogens (tertiary/aromatic N) is 2. The van der Waals surface area contributed by atoms with E-state index in [4.69, 9.17) is 0 Å². The van der Waals surface area contributed by atoms with E-state index >= 15 is 0 Å². The SMILES string of the molecule is Cn1c(C(=O)NCCc2nc3ccccc3[nH]2)cc2ccccc21. The van der Waals surface area contributed by atoms with Crippen LogP contribution in [0.3, 0.4) is 0 Å². The highest BCUT2D eigenvalue weighted by molar-refractivity contribution is 5.98. The molecule has 0 aliphatic heterocycles. The molecular formula is C19H18N4O. The minimum absolute atomic E-state index is 0.0650. The van der Waals surface area contributed by atoms with E-state index in [1.807, 2.05) is 66.2 Å². The van der Waals surface area contributed by atoms with Crippen molar-refractivity contribution in [1.82, 2.24) is 19.9 Å². The molecule has 0 unspecified atom stereocenters. The van der Waals surface area contributed by atoms with Crippen molar-refractivity contribution in [3.63, 3.8) is 0 Å². The predicted molar refractivity (Wildman–Crippen MR) is 95.0 cm³/mol. The van der Waals surface area contributed by atoms with Crippen LogP contribution in [-0.4, -0.2) is 27.0 Å². The number of carbonyl (C=O) groups excluding carboxylic acids is 1. The van der Waals surface area contributed by atoms with Gasteiger partial charge < -0.3 is 14.9 Å². The summed E-state index contributed by atoms with van der Waals surface area (Å²) in [4.78, 5) is 20.2. The summed E-state index contributed by atoms with van der Waals surface area (Å²) in [6.07, 6.45) is 0.671. The molecule has 2 N–H and O–H groups in total. The Balaban J connectivity index is 1.45. The van der Waals surface area contributed by atoms with Crippen LogP contribution in [0.15, 0.2) is 54.6 Å². The molecule has 120 valence electrons. The third-order valence-corrected chi connectivity index (χ3v) is 4.27. The topological polar surface area (TPSA) is 62.7 Å². The molecule has 2 aromatic heterocycles. The van der Waals surface area contributed by atoms with Gasteiger partial charge in [0.05, 0.1) is 11.0 Å². The third-order valence-electron chi connectivity index (χ3n) is 4.27. The van der Waals surface area contributed by atoms with E-state index in [1.165, 1.54) is 0 Å². The van der Waals surface area contributed by atoms with Crippen molar-refractivity contribution in [2.24, 2.45) is 7.05 Å². The van der Waals surface area contributed by atoms with Gasteiger partial charge in [-0.2, -0.15) is 0 Å². The second-order valence-electron chi connectivity index (χ2n) is 5.85. The van der Waals surface area contributed by atoms with Crippen molar-refractivity contribution >= 4 is 27.8 Å². The number of nitrogens with one attached hydrogen (secondary N) is 2. The maximum absolute atomic E-state index is 12.4. The number of amides is 1. The Labute approximate surface area is 139 Å². The molecule has 24 heavy (non-hydrogen) atoms. The smallest absolute Gasteiger partial charge is 0.267 e. The van der Waals surface area contributed by atoms with Crippen LogP contribution in [-0.2, 0) is 13.5 Å². The Morgan fingerprint density at radius 1 is 1.17 bits per heavy atom. The lowest BCUT2D eigenvalue weighted by Crippen LogP contribution is -2.27. The van der Waals surface area contributed by atoms with Gasteiger partial charge in [0, 0.05) is 30.9 Å². The summed E-state index contributed by atoms with van der Waals surface area (Å²) >= 11 is 0. The van der Waals surface area contributed by atoms with Crippen molar-refractivity contribution in [3.8, 4) is 0 Å². The minimum Gasteiger partial charge on any atom is -0.350 e. The fraction of sp³-hybridized carbons (Fsp3) is 0.158. The van der Waals surface area contributed by atoms with E-state index in [0.717, 1.165) is 27.8 Å². The lowest BCUT2D eigenvalue weighted by atomic mass is 10.2. The number of fused-ring (bicyclic) bond motifs is 2. The lowest BCUT2D eigenvalue weighted by Gasteiger charge is -2.05. The Bertz CT molecular complexity index is 995. The number of hydrogen-bond donors (Lipinski definition) is 2. The summed E-state index contributed by atoms with van der Waals surface area (Å²) in [7, 11) is 1.91. The largest absolute Gasteiger partial charge is 0.350 e. The van der Waals surface area contributed by atoms with Gasteiger partial charge in [0.2, 0.25) is 0 Å². The average Bonchev–Trinajstić information content (AvgIpc) is 3.16. The van der Waals surface area contributed by atoms with Crippen LogP contribution in [0.5, 0.6) is 0 Å². The number of imidazole rings is 1. The molecule has 0 atom stereocenters. The van der Waals surface area contributed by atoms with Gasteiger partial charge in [-0.05, 0) is 24.3 Å². The summed E-state index contributed by atoms with van der Waals surface area (Å²) < 4.78 is 1.92. The Hall–Kier alpha value is -3.08. The average molecular weight is 318 g/mol. The second-order valence-corrected chi connectivity index (χ2v) is 5.85. The molecule has 0 fully saturated rings. The third kappa shape index (κ3) is 2.54. The molecule has 5 heteroatoms. The molecule has 2 heterocycles. The second kappa shape index (κ2) is 5.85. The van der Waals surface area contributed by atoms with Crippen molar-refractivity contribution in [3.05, 3.63) is 66.1 Å². The molecular weight excluding hydrogens is 300 g/mol. The standard InChI is InChI=1S/C19H18N4O/c1-23-16-9-5-2-6-13(16)12-17(23)19(24)20-11-10-18-21-14-7-3-4-8-15(14)22-18/h2-9,12H,10-11H2,1H3,(H,20,24)(H,21,22). The van der Waals surface area contributed by atoms with E-state index in [0.29, 0.717) is 18.7 Å². The fourth-order valence-corrected chi connectivity index (χ4v) is 3.02. The van der Waals surface area contributed by atoms with Gasteiger partial charge in [-0.3, -0.25) is 4.79 Å². The number of aryl methyl sites for hydroxylation is 1. The number of benzene rings is 2. The number of hydrogen-bond acceptors (Lipinski definition) is 2. The number of para-hydroxylation sites is 3. The van der Waals surface area contributed by atoms with Crippen LogP contribution in [0.2, 0.25) is 0 Å². The zero-order chi connectivity index (χ0) is 16.5. The first kappa shape index (κ1) is 14.5. The number of carbonyl (C=O) groups is 1. The van der Waals surface area contributed by atoms with E-state index in [-0.39, 0.29) is 5.91 Å². The maximum Gasteiger partial charge on any atom is 0.267 e. The molecule has 4 aromatic rings. The van der Waals surface area contributed by atoms with E-state index in [1.54, 1.807) is 0 Å². The molecule has 0 bridgehead atoms. The van der Waals surface area contributed by atoms with Gasteiger partial charge in [0.15, 0.2) is 0 Å². The molecule has 1 amide bonds. The summed E-state index contributed by atoms with van der Waals surface area (Å²) in [5.41, 5.74) is 3.70. The lowest BCUT2D eigenvalue weighted by molar-refractivity contribution is 0.0946. The van der Waals surface area contributed by atoms with Crippen LogP contribution >= 0.6 is 0 Å². The molecule has 0 saturated heterocycles. The Kier molecular flexibility index (Phi) is 3.54. The summed E-state index contributed by atoms with van der Waals surface area (Å²) in [5.74, 6) is 0.818. The molecule has 2 aromatic carbocycles. The minimum atomic E-state index is -0.0650. The molecule has 0 spiro atoms. The zero-order valence-electron chi connectivity index (χ0n) is 13.4. The van der Waals surface area contributed by atoms with E-state index < -0.39 is 0 Å².